The van der Waals surface area contributed by atoms with Gasteiger partial charge in [0.1, 0.15) is 0 Å². The summed E-state index contributed by atoms with van der Waals surface area (Å²) in [5, 5.41) is 3.23. The van der Waals surface area contributed by atoms with Gasteiger partial charge in [-0.3, -0.25) is 4.79 Å². The van der Waals surface area contributed by atoms with Gasteiger partial charge in [0, 0.05) is 36.9 Å². The Morgan fingerprint density at radius 1 is 0.853 bits per heavy atom. The molecule has 184 valence electrons. The molecule has 2 aromatic carbocycles. The lowest BCUT2D eigenvalue weighted by molar-refractivity contribution is -0.120. The second kappa shape index (κ2) is 10.3. The average Bonchev–Trinajstić information content (AvgIpc) is 2.85. The second-order valence-electron chi connectivity index (χ2n) is 8.19. The van der Waals surface area contributed by atoms with Gasteiger partial charge in [-0.1, -0.05) is 11.6 Å². The topological polar surface area (TPSA) is 113 Å². The van der Waals surface area contributed by atoms with Crippen molar-refractivity contribution in [1.29, 1.82) is 0 Å². The fourth-order valence-electron chi connectivity index (χ4n) is 4.02. The van der Waals surface area contributed by atoms with E-state index in [-0.39, 0.29) is 22.2 Å². The molecule has 0 saturated carbocycles. The van der Waals surface area contributed by atoms with Crippen LogP contribution >= 0.6 is 11.6 Å². The lowest BCUT2D eigenvalue weighted by Gasteiger charge is -2.31. The van der Waals surface area contributed by atoms with Gasteiger partial charge >= 0.3 is 0 Å². The number of nitrogens with zero attached hydrogens (tertiary/aromatic N) is 2. The molecule has 2 aromatic rings. The normalized spacial score (nSPS) is 20.7. The molecule has 34 heavy (non-hydrogen) atoms. The van der Waals surface area contributed by atoms with Crippen LogP contribution in [0.15, 0.2) is 58.3 Å². The average molecular weight is 528 g/mol. The van der Waals surface area contributed by atoms with E-state index in [1.165, 1.54) is 57.1 Å². The van der Waals surface area contributed by atoms with Crippen LogP contribution in [0.4, 0.5) is 5.69 Å². The number of piperidine rings is 1. The number of carbonyl (C=O) groups excluding carboxylic acids is 1. The van der Waals surface area contributed by atoms with Gasteiger partial charge in [-0.05, 0) is 61.4 Å². The van der Waals surface area contributed by atoms with Crippen molar-refractivity contribution >= 4 is 43.2 Å². The van der Waals surface area contributed by atoms with Crippen LogP contribution < -0.4 is 5.32 Å². The van der Waals surface area contributed by atoms with E-state index in [1.54, 1.807) is 0 Å². The molecule has 2 saturated heterocycles. The van der Waals surface area contributed by atoms with Gasteiger partial charge in [0.15, 0.2) is 0 Å². The fourth-order valence-corrected chi connectivity index (χ4v) is 7.08. The molecule has 4 rings (SSSR count). The number of nitrogens with one attached hydrogen (secondary N) is 1. The molecule has 0 aromatic heterocycles. The summed E-state index contributed by atoms with van der Waals surface area (Å²) >= 11 is 5.86. The highest BCUT2D eigenvalue weighted by Crippen LogP contribution is 2.26. The van der Waals surface area contributed by atoms with Crippen LogP contribution in [0.25, 0.3) is 0 Å². The summed E-state index contributed by atoms with van der Waals surface area (Å²) in [6.07, 6.45) is 1.11. The van der Waals surface area contributed by atoms with E-state index in [1.807, 2.05) is 0 Å². The van der Waals surface area contributed by atoms with E-state index in [0.717, 1.165) is 0 Å². The maximum absolute atomic E-state index is 13.0. The number of carbonyl (C=O) groups is 1. The van der Waals surface area contributed by atoms with Gasteiger partial charge in [0.2, 0.25) is 26.0 Å². The van der Waals surface area contributed by atoms with Crippen LogP contribution in [0.2, 0.25) is 5.02 Å². The van der Waals surface area contributed by atoms with E-state index in [0.29, 0.717) is 56.4 Å². The van der Waals surface area contributed by atoms with Crippen molar-refractivity contribution in [3.8, 4) is 0 Å². The molecule has 0 aliphatic carbocycles. The first-order valence-electron chi connectivity index (χ1n) is 10.9. The summed E-state index contributed by atoms with van der Waals surface area (Å²) in [6.45, 7) is 1.73. The van der Waals surface area contributed by atoms with Crippen LogP contribution in [-0.2, 0) is 29.6 Å². The highest BCUT2D eigenvalue weighted by atomic mass is 35.5. The molecule has 2 aliphatic heterocycles. The Bertz CT molecular complexity index is 1230. The Morgan fingerprint density at radius 3 is 2.03 bits per heavy atom. The zero-order chi connectivity index (χ0) is 24.3. The molecule has 2 aliphatic rings. The molecule has 0 bridgehead atoms. The van der Waals surface area contributed by atoms with Crippen LogP contribution in [-0.4, -0.2) is 70.7 Å². The van der Waals surface area contributed by atoms with E-state index < -0.39 is 26.0 Å². The molecule has 1 amide bonds. The highest BCUT2D eigenvalue weighted by Gasteiger charge is 2.33. The van der Waals surface area contributed by atoms with Crippen molar-refractivity contribution in [2.75, 3.05) is 44.7 Å². The smallest absolute Gasteiger partial charge is 0.243 e. The number of morpholine rings is 1. The molecule has 2 heterocycles. The SMILES string of the molecule is O=C(Nc1ccc(S(=O)(=O)N2CCOCC2)cc1)[C@H]1CCCN(S(=O)(=O)c2ccc(Cl)cc2)C1. The van der Waals surface area contributed by atoms with Gasteiger partial charge in [-0.15, -0.1) is 0 Å². The lowest BCUT2D eigenvalue weighted by Crippen LogP contribution is -2.43. The second-order valence-corrected chi connectivity index (χ2v) is 12.5. The summed E-state index contributed by atoms with van der Waals surface area (Å²) in [7, 11) is -7.36. The maximum atomic E-state index is 13.0. The largest absolute Gasteiger partial charge is 0.379 e. The number of amides is 1. The Labute approximate surface area is 204 Å². The summed E-state index contributed by atoms with van der Waals surface area (Å²) in [5.41, 5.74) is 0.448. The molecule has 1 atom stereocenters. The van der Waals surface area contributed by atoms with Crippen LogP contribution in [0.3, 0.4) is 0 Å². The first-order valence-corrected chi connectivity index (χ1v) is 14.2. The zero-order valence-corrected chi connectivity index (χ0v) is 20.8. The first kappa shape index (κ1) is 25.1. The van der Waals surface area contributed by atoms with Gasteiger partial charge < -0.3 is 10.1 Å². The van der Waals surface area contributed by atoms with Crippen LogP contribution in [0.1, 0.15) is 12.8 Å². The Morgan fingerprint density at radius 2 is 1.41 bits per heavy atom. The molecule has 2 fully saturated rings. The third-order valence-electron chi connectivity index (χ3n) is 5.94. The standard InChI is InChI=1S/C22H26ClN3O6S2/c23-18-3-7-20(8-4-18)34(30,31)26-11-1-2-17(16-26)22(27)24-19-5-9-21(10-6-19)33(28,29)25-12-14-32-15-13-25/h3-10,17H,1-2,11-16H2,(H,24,27)/t17-/m0/s1. The fraction of sp³-hybridized carbons (Fsp3) is 0.409. The number of hydrogen-bond acceptors (Lipinski definition) is 6. The predicted octanol–water partition coefficient (Wildman–Crippen LogP) is 2.40. The minimum atomic E-state index is -3.74. The molecular weight excluding hydrogens is 502 g/mol. The third kappa shape index (κ3) is 5.45. The monoisotopic (exact) mass is 527 g/mol. The summed E-state index contributed by atoms with van der Waals surface area (Å²) < 4.78 is 59.3. The number of anilines is 1. The summed E-state index contributed by atoms with van der Waals surface area (Å²) in [6, 6.07) is 11.9. The van der Waals surface area contributed by atoms with Crippen LogP contribution in [0, 0.1) is 5.92 Å². The first-order chi connectivity index (χ1) is 16.2. The van der Waals surface area contributed by atoms with E-state index in [4.69, 9.17) is 16.3 Å². The van der Waals surface area contributed by atoms with Gasteiger partial charge in [0.25, 0.3) is 0 Å². The number of hydrogen-bond donors (Lipinski definition) is 1. The molecule has 1 N–H and O–H groups in total. The number of ether oxygens (including phenoxy) is 1. The van der Waals surface area contributed by atoms with Gasteiger partial charge in [0.05, 0.1) is 28.9 Å². The predicted molar refractivity (Wildman–Crippen MR) is 128 cm³/mol. The Kier molecular flexibility index (Phi) is 7.60. The van der Waals surface area contributed by atoms with Gasteiger partial charge in [-0.25, -0.2) is 16.8 Å². The number of sulfonamides is 2. The minimum absolute atomic E-state index is 0.0697. The van der Waals surface area contributed by atoms with Gasteiger partial charge in [-0.2, -0.15) is 8.61 Å². The van der Waals surface area contributed by atoms with Crippen molar-refractivity contribution in [1.82, 2.24) is 8.61 Å². The molecule has 0 unspecified atom stereocenters. The number of rotatable bonds is 6. The number of halogens is 1. The Balaban J connectivity index is 1.41. The molecule has 0 radical (unpaired) electrons. The van der Waals surface area contributed by atoms with Crippen LogP contribution in [0.5, 0.6) is 0 Å². The van der Waals surface area contributed by atoms with E-state index >= 15 is 0 Å². The van der Waals surface area contributed by atoms with Crippen molar-refractivity contribution < 1.29 is 26.4 Å². The summed E-state index contributed by atoms with van der Waals surface area (Å²) in [4.78, 5) is 13.1. The Hall–Kier alpha value is -2.02. The third-order valence-corrected chi connectivity index (χ3v) is 9.98. The lowest BCUT2D eigenvalue weighted by atomic mass is 9.99. The quantitative estimate of drug-likeness (QED) is 0.617. The maximum Gasteiger partial charge on any atom is 0.243 e. The zero-order valence-electron chi connectivity index (χ0n) is 18.4. The minimum Gasteiger partial charge on any atom is -0.379 e. The highest BCUT2D eigenvalue weighted by molar-refractivity contribution is 7.89. The van der Waals surface area contributed by atoms with Crippen molar-refractivity contribution in [3.63, 3.8) is 0 Å². The van der Waals surface area contributed by atoms with Crippen molar-refractivity contribution in [2.24, 2.45) is 5.92 Å². The molecule has 0 spiro atoms. The molecule has 12 heteroatoms. The molecule has 9 nitrogen and oxygen atoms in total. The van der Waals surface area contributed by atoms with E-state index in [2.05, 4.69) is 5.32 Å². The van der Waals surface area contributed by atoms with Crippen molar-refractivity contribution in [2.45, 2.75) is 22.6 Å². The van der Waals surface area contributed by atoms with Crippen molar-refractivity contribution in [3.05, 3.63) is 53.6 Å². The molecular formula is C22H26ClN3O6S2. The van der Waals surface area contributed by atoms with E-state index in [9.17, 15) is 21.6 Å². The summed E-state index contributed by atoms with van der Waals surface area (Å²) in [5.74, 6) is -0.827. The number of benzene rings is 2.